The monoisotopic (exact) mass is 264 g/mol. The van der Waals surface area contributed by atoms with Crippen LogP contribution in [0.3, 0.4) is 0 Å². The van der Waals surface area contributed by atoms with Gasteiger partial charge in [0, 0.05) is 5.69 Å². The van der Waals surface area contributed by atoms with E-state index in [4.69, 9.17) is 4.74 Å². The fraction of sp³-hybridized carbons (Fsp3) is 0.429. The van der Waals surface area contributed by atoms with Gasteiger partial charge in [0.25, 0.3) is 0 Å². The Labute approximate surface area is 113 Å². The first kappa shape index (κ1) is 15.0. The molecule has 0 aliphatic rings. The SMILES string of the molecule is C[C@@H](NC(=O)OC(C)(C)C)C(=O)Nc1ccccc1. The average molecular weight is 264 g/mol. The van der Waals surface area contributed by atoms with Crippen molar-refractivity contribution in [1.82, 2.24) is 5.32 Å². The zero-order valence-corrected chi connectivity index (χ0v) is 11.7. The molecule has 0 heterocycles. The summed E-state index contributed by atoms with van der Waals surface area (Å²) in [6.07, 6.45) is -0.608. The van der Waals surface area contributed by atoms with Crippen molar-refractivity contribution in [3.63, 3.8) is 0 Å². The third-order valence-corrected chi connectivity index (χ3v) is 2.17. The number of alkyl carbamates (subject to hydrolysis) is 1. The van der Waals surface area contributed by atoms with Gasteiger partial charge < -0.3 is 15.4 Å². The van der Waals surface area contributed by atoms with Crippen molar-refractivity contribution >= 4 is 17.7 Å². The highest BCUT2D eigenvalue weighted by Gasteiger charge is 2.20. The standard InChI is InChI=1S/C14H20N2O3/c1-10(15-13(18)19-14(2,3)4)12(17)16-11-8-6-5-7-9-11/h5-10H,1-4H3,(H,15,18)(H,16,17)/t10-/m1/s1. The van der Waals surface area contributed by atoms with Crippen LogP contribution < -0.4 is 10.6 Å². The fourth-order valence-corrected chi connectivity index (χ4v) is 1.32. The van der Waals surface area contributed by atoms with Crippen molar-refractivity contribution in [1.29, 1.82) is 0 Å². The summed E-state index contributed by atoms with van der Waals surface area (Å²) < 4.78 is 5.08. The second-order valence-electron chi connectivity index (χ2n) is 5.22. The number of para-hydroxylation sites is 1. The van der Waals surface area contributed by atoms with Gasteiger partial charge in [-0.25, -0.2) is 4.79 Å². The van der Waals surface area contributed by atoms with E-state index in [2.05, 4.69) is 10.6 Å². The van der Waals surface area contributed by atoms with Crippen LogP contribution in [0.2, 0.25) is 0 Å². The third kappa shape index (κ3) is 5.90. The number of nitrogens with one attached hydrogen (secondary N) is 2. The number of benzene rings is 1. The topological polar surface area (TPSA) is 67.4 Å². The molecule has 0 aliphatic carbocycles. The van der Waals surface area contributed by atoms with E-state index in [0.717, 1.165) is 0 Å². The molecule has 19 heavy (non-hydrogen) atoms. The molecule has 5 nitrogen and oxygen atoms in total. The van der Waals surface area contributed by atoms with E-state index >= 15 is 0 Å². The van der Waals surface area contributed by atoms with Gasteiger partial charge in [-0.15, -0.1) is 0 Å². The molecule has 0 radical (unpaired) electrons. The maximum Gasteiger partial charge on any atom is 0.408 e. The van der Waals surface area contributed by atoms with Crippen LogP contribution >= 0.6 is 0 Å². The first-order valence-corrected chi connectivity index (χ1v) is 6.13. The number of carbonyl (C=O) groups is 2. The Bertz CT molecular complexity index is 438. The van der Waals surface area contributed by atoms with Crippen LogP contribution in [0.1, 0.15) is 27.7 Å². The number of rotatable bonds is 3. The fourth-order valence-electron chi connectivity index (χ4n) is 1.32. The van der Waals surface area contributed by atoms with E-state index < -0.39 is 17.7 Å². The number of carbonyl (C=O) groups excluding carboxylic acids is 2. The van der Waals surface area contributed by atoms with E-state index in [1.807, 2.05) is 18.2 Å². The van der Waals surface area contributed by atoms with Gasteiger partial charge in [-0.05, 0) is 39.8 Å². The molecule has 2 N–H and O–H groups in total. The van der Waals surface area contributed by atoms with Crippen LogP contribution in [0.15, 0.2) is 30.3 Å². The molecular formula is C14H20N2O3. The van der Waals surface area contributed by atoms with E-state index in [-0.39, 0.29) is 5.91 Å². The lowest BCUT2D eigenvalue weighted by atomic mass is 10.2. The number of hydrogen-bond acceptors (Lipinski definition) is 3. The maximum absolute atomic E-state index is 11.8. The highest BCUT2D eigenvalue weighted by molar-refractivity contribution is 5.96. The largest absolute Gasteiger partial charge is 0.444 e. The van der Waals surface area contributed by atoms with Crippen molar-refractivity contribution in [2.75, 3.05) is 5.32 Å². The van der Waals surface area contributed by atoms with E-state index in [9.17, 15) is 9.59 Å². The molecule has 0 saturated carbocycles. The molecule has 0 bridgehead atoms. The van der Waals surface area contributed by atoms with Gasteiger partial charge in [0.15, 0.2) is 0 Å². The second-order valence-corrected chi connectivity index (χ2v) is 5.22. The quantitative estimate of drug-likeness (QED) is 0.881. The normalized spacial score (nSPS) is 12.4. The lowest BCUT2D eigenvalue weighted by molar-refractivity contribution is -0.117. The average Bonchev–Trinajstić information content (AvgIpc) is 2.27. The van der Waals surface area contributed by atoms with Gasteiger partial charge in [-0.2, -0.15) is 0 Å². The highest BCUT2D eigenvalue weighted by atomic mass is 16.6. The molecule has 0 aliphatic heterocycles. The summed E-state index contributed by atoms with van der Waals surface area (Å²) in [5, 5.41) is 5.18. The van der Waals surface area contributed by atoms with E-state index in [0.29, 0.717) is 5.69 Å². The highest BCUT2D eigenvalue weighted by Crippen LogP contribution is 2.08. The molecule has 1 aromatic carbocycles. The number of ether oxygens (including phenoxy) is 1. The molecule has 1 atom stereocenters. The molecule has 0 saturated heterocycles. The van der Waals surface area contributed by atoms with E-state index in [1.54, 1.807) is 39.8 Å². The van der Waals surface area contributed by atoms with Crippen molar-refractivity contribution in [3.05, 3.63) is 30.3 Å². The zero-order valence-electron chi connectivity index (χ0n) is 11.7. The molecule has 0 fully saturated rings. The Balaban J connectivity index is 2.47. The third-order valence-electron chi connectivity index (χ3n) is 2.17. The summed E-state index contributed by atoms with van der Waals surface area (Å²) in [7, 11) is 0. The molecule has 0 aromatic heterocycles. The molecule has 1 rings (SSSR count). The molecule has 2 amide bonds. The Morgan fingerprint density at radius 3 is 2.26 bits per heavy atom. The minimum Gasteiger partial charge on any atom is -0.444 e. The lowest BCUT2D eigenvalue weighted by Gasteiger charge is -2.21. The number of anilines is 1. The molecule has 1 aromatic rings. The predicted octanol–water partition coefficient (Wildman–Crippen LogP) is 2.54. The Hall–Kier alpha value is -2.04. The second kappa shape index (κ2) is 6.22. The predicted molar refractivity (Wildman–Crippen MR) is 73.9 cm³/mol. The molecular weight excluding hydrogens is 244 g/mol. The van der Waals surface area contributed by atoms with Crippen molar-refractivity contribution in [2.45, 2.75) is 39.3 Å². The first-order chi connectivity index (χ1) is 8.78. The molecule has 5 heteroatoms. The van der Waals surface area contributed by atoms with Crippen LogP contribution in [-0.4, -0.2) is 23.6 Å². The molecule has 104 valence electrons. The minimum atomic E-state index is -0.671. The van der Waals surface area contributed by atoms with Crippen LogP contribution in [0.5, 0.6) is 0 Å². The summed E-state index contributed by atoms with van der Waals surface area (Å²) in [6, 6.07) is 8.38. The Morgan fingerprint density at radius 2 is 1.74 bits per heavy atom. The minimum absolute atomic E-state index is 0.294. The van der Waals surface area contributed by atoms with Crippen molar-refractivity contribution in [3.8, 4) is 0 Å². The first-order valence-electron chi connectivity index (χ1n) is 6.13. The van der Waals surface area contributed by atoms with Gasteiger partial charge in [0.05, 0.1) is 0 Å². The number of amides is 2. The molecule has 0 unspecified atom stereocenters. The van der Waals surface area contributed by atoms with Crippen molar-refractivity contribution < 1.29 is 14.3 Å². The van der Waals surface area contributed by atoms with Crippen molar-refractivity contribution in [2.24, 2.45) is 0 Å². The Kier molecular flexibility index (Phi) is 4.92. The zero-order chi connectivity index (χ0) is 14.5. The van der Waals surface area contributed by atoms with Crippen LogP contribution in [-0.2, 0) is 9.53 Å². The smallest absolute Gasteiger partial charge is 0.408 e. The summed E-state index contributed by atoms with van der Waals surface area (Å²) >= 11 is 0. The van der Waals surface area contributed by atoms with Crippen LogP contribution in [0, 0.1) is 0 Å². The van der Waals surface area contributed by atoms with Gasteiger partial charge in [0.1, 0.15) is 11.6 Å². The summed E-state index contributed by atoms with van der Waals surface area (Å²) in [5.41, 5.74) is 0.102. The van der Waals surface area contributed by atoms with Gasteiger partial charge in [-0.1, -0.05) is 18.2 Å². The van der Waals surface area contributed by atoms with Crippen LogP contribution in [0.25, 0.3) is 0 Å². The Morgan fingerprint density at radius 1 is 1.16 bits per heavy atom. The lowest BCUT2D eigenvalue weighted by Crippen LogP contribution is -2.43. The van der Waals surface area contributed by atoms with E-state index in [1.165, 1.54) is 0 Å². The van der Waals surface area contributed by atoms with Gasteiger partial charge >= 0.3 is 6.09 Å². The maximum atomic E-state index is 11.8. The summed E-state index contributed by atoms with van der Waals surface area (Å²) in [6.45, 7) is 6.89. The molecule has 0 spiro atoms. The van der Waals surface area contributed by atoms with Gasteiger partial charge in [-0.3, -0.25) is 4.79 Å². The summed E-state index contributed by atoms with van der Waals surface area (Å²) in [4.78, 5) is 23.3. The van der Waals surface area contributed by atoms with Crippen LogP contribution in [0.4, 0.5) is 10.5 Å². The number of hydrogen-bond donors (Lipinski definition) is 2. The summed E-state index contributed by atoms with van der Waals surface area (Å²) in [5.74, 6) is -0.294. The van der Waals surface area contributed by atoms with Gasteiger partial charge in [0.2, 0.25) is 5.91 Å².